The second-order valence-corrected chi connectivity index (χ2v) is 3.13. The van der Waals surface area contributed by atoms with E-state index in [9.17, 15) is 0 Å². The number of nitrogens with zero attached hydrogens (tertiary/aromatic N) is 2. The van der Waals surface area contributed by atoms with Crippen molar-refractivity contribution >= 4 is 0 Å². The van der Waals surface area contributed by atoms with Gasteiger partial charge in [0.2, 0.25) is 0 Å². The number of H-pyrrole nitrogens is 1. The van der Waals surface area contributed by atoms with Crippen molar-refractivity contribution in [3.05, 3.63) is 12.2 Å². The number of rotatable bonds is 4. The standard InChI is InChI=1S/C7H16.C3H5N3.C2H6/c1-3-5-7-6-4-2;1-3-4-2-5-6-3;1-2/h3-7H2,1-2H3;2H,1H3,(H,4,5,6);1-2H3. The van der Waals surface area contributed by atoms with Gasteiger partial charge in [0.15, 0.2) is 0 Å². The molecule has 0 saturated carbocycles. The minimum absolute atomic E-state index is 0.856. The molecule has 0 spiro atoms. The Hall–Kier alpha value is -0.860. The Bertz CT molecular complexity index is 167. The molecule has 3 nitrogen and oxygen atoms in total. The normalized spacial score (nSPS) is 8.33. The predicted molar refractivity (Wildman–Crippen MR) is 66.9 cm³/mol. The Balaban J connectivity index is 0. The zero-order valence-corrected chi connectivity index (χ0v) is 11.0. The molecule has 0 unspecified atom stereocenters. The number of hydrogen-bond acceptors (Lipinski definition) is 2. The highest BCUT2D eigenvalue weighted by atomic mass is 15.2. The third-order valence-corrected chi connectivity index (χ3v) is 1.74. The number of aromatic nitrogens is 3. The van der Waals surface area contributed by atoms with Gasteiger partial charge in [0.1, 0.15) is 12.2 Å². The third kappa shape index (κ3) is 15.9. The molecular weight excluding hydrogens is 186 g/mol. The second-order valence-electron chi connectivity index (χ2n) is 3.13. The van der Waals surface area contributed by atoms with E-state index in [4.69, 9.17) is 0 Å². The first-order valence-corrected chi connectivity index (χ1v) is 6.13. The molecule has 1 aromatic rings. The van der Waals surface area contributed by atoms with E-state index < -0.39 is 0 Å². The summed E-state index contributed by atoms with van der Waals surface area (Å²) in [6, 6.07) is 0. The molecule has 0 amide bonds. The average Bonchev–Trinajstić information content (AvgIpc) is 2.74. The van der Waals surface area contributed by atoms with Crippen LogP contribution in [-0.4, -0.2) is 15.2 Å². The van der Waals surface area contributed by atoms with Crippen molar-refractivity contribution in [2.75, 3.05) is 0 Å². The van der Waals surface area contributed by atoms with Gasteiger partial charge in [-0.15, -0.1) is 0 Å². The summed E-state index contributed by atoms with van der Waals surface area (Å²) in [6.45, 7) is 10.3. The van der Waals surface area contributed by atoms with Crippen molar-refractivity contribution in [1.82, 2.24) is 15.2 Å². The average molecular weight is 213 g/mol. The van der Waals surface area contributed by atoms with Gasteiger partial charge in [-0.25, -0.2) is 4.98 Å². The lowest BCUT2D eigenvalue weighted by atomic mass is 10.2. The van der Waals surface area contributed by atoms with Crippen molar-refractivity contribution in [1.29, 1.82) is 0 Å². The van der Waals surface area contributed by atoms with Crippen LogP contribution in [-0.2, 0) is 0 Å². The molecule has 0 aliphatic heterocycles. The largest absolute Gasteiger partial charge is 0.264 e. The second kappa shape index (κ2) is 15.6. The summed E-state index contributed by atoms with van der Waals surface area (Å²) in [4.78, 5) is 3.75. The fraction of sp³-hybridized carbons (Fsp3) is 0.833. The van der Waals surface area contributed by atoms with E-state index in [0.29, 0.717) is 0 Å². The van der Waals surface area contributed by atoms with Crippen LogP contribution in [0.15, 0.2) is 6.33 Å². The number of aryl methyl sites for hydroxylation is 1. The molecular formula is C12H27N3. The van der Waals surface area contributed by atoms with Crippen molar-refractivity contribution in [2.45, 2.75) is 66.7 Å². The lowest BCUT2D eigenvalue weighted by molar-refractivity contribution is 0.656. The highest BCUT2D eigenvalue weighted by Gasteiger charge is 1.80. The molecule has 0 fully saturated rings. The van der Waals surface area contributed by atoms with Crippen LogP contribution in [0.1, 0.15) is 65.6 Å². The van der Waals surface area contributed by atoms with Gasteiger partial charge in [-0.05, 0) is 6.92 Å². The van der Waals surface area contributed by atoms with Crippen molar-refractivity contribution in [3.8, 4) is 0 Å². The molecule has 3 heteroatoms. The Kier molecular flexibility index (Phi) is 17.2. The van der Waals surface area contributed by atoms with Gasteiger partial charge in [0, 0.05) is 0 Å². The van der Waals surface area contributed by atoms with Crippen LogP contribution in [0, 0.1) is 6.92 Å². The first-order valence-electron chi connectivity index (χ1n) is 6.13. The quantitative estimate of drug-likeness (QED) is 0.764. The maximum atomic E-state index is 3.75. The van der Waals surface area contributed by atoms with E-state index >= 15 is 0 Å². The van der Waals surface area contributed by atoms with E-state index in [1.165, 1.54) is 38.4 Å². The molecule has 90 valence electrons. The Morgan fingerprint density at radius 2 is 1.60 bits per heavy atom. The van der Waals surface area contributed by atoms with Gasteiger partial charge < -0.3 is 0 Å². The molecule has 0 atom stereocenters. The van der Waals surface area contributed by atoms with Gasteiger partial charge in [0.25, 0.3) is 0 Å². The lowest BCUT2D eigenvalue weighted by Gasteiger charge is -1.90. The van der Waals surface area contributed by atoms with Crippen LogP contribution >= 0.6 is 0 Å². The van der Waals surface area contributed by atoms with Crippen LogP contribution in [0.3, 0.4) is 0 Å². The van der Waals surface area contributed by atoms with Crippen molar-refractivity contribution in [2.24, 2.45) is 0 Å². The maximum absolute atomic E-state index is 3.75. The smallest absolute Gasteiger partial charge is 0.137 e. The van der Waals surface area contributed by atoms with Crippen molar-refractivity contribution < 1.29 is 0 Å². The molecule has 0 aliphatic rings. The highest BCUT2D eigenvalue weighted by Crippen LogP contribution is 2.00. The topological polar surface area (TPSA) is 41.6 Å². The summed E-state index contributed by atoms with van der Waals surface area (Å²) in [5.74, 6) is 0.856. The lowest BCUT2D eigenvalue weighted by Crippen LogP contribution is -1.70. The summed E-state index contributed by atoms with van der Waals surface area (Å²) in [5, 5.41) is 6.22. The predicted octanol–water partition coefficient (Wildman–Crippen LogP) is 4.12. The van der Waals surface area contributed by atoms with E-state index in [1.54, 1.807) is 0 Å². The van der Waals surface area contributed by atoms with Gasteiger partial charge >= 0.3 is 0 Å². The first kappa shape index (κ1) is 16.6. The van der Waals surface area contributed by atoms with Crippen LogP contribution in [0.2, 0.25) is 0 Å². The molecule has 0 bridgehead atoms. The van der Waals surface area contributed by atoms with Gasteiger partial charge in [-0.1, -0.05) is 59.8 Å². The van der Waals surface area contributed by atoms with Gasteiger partial charge in [0.05, 0.1) is 0 Å². The van der Waals surface area contributed by atoms with Gasteiger partial charge in [-0.3, -0.25) is 5.10 Å². The van der Waals surface area contributed by atoms with Crippen LogP contribution in [0.5, 0.6) is 0 Å². The Labute approximate surface area is 94.7 Å². The van der Waals surface area contributed by atoms with Crippen LogP contribution < -0.4 is 0 Å². The molecule has 15 heavy (non-hydrogen) atoms. The summed E-state index contributed by atoms with van der Waals surface area (Å²) >= 11 is 0. The minimum Gasteiger partial charge on any atom is -0.264 e. The number of unbranched alkanes of at least 4 members (excludes halogenated alkanes) is 4. The molecule has 0 aromatic carbocycles. The van der Waals surface area contributed by atoms with Crippen LogP contribution in [0.4, 0.5) is 0 Å². The highest BCUT2D eigenvalue weighted by molar-refractivity contribution is 4.70. The minimum atomic E-state index is 0.856. The SMILES string of the molecule is CC.CCCCCCC.Cc1ncn[nH]1. The monoisotopic (exact) mass is 213 g/mol. The summed E-state index contributed by atoms with van der Waals surface area (Å²) in [6.07, 6.45) is 8.49. The first-order chi connectivity index (χ1) is 7.31. The fourth-order valence-corrected chi connectivity index (χ4v) is 0.943. The summed E-state index contributed by atoms with van der Waals surface area (Å²) < 4.78 is 0. The van der Waals surface area contributed by atoms with E-state index in [0.717, 1.165) is 5.82 Å². The zero-order valence-electron chi connectivity index (χ0n) is 11.0. The molecule has 0 saturated heterocycles. The fourth-order valence-electron chi connectivity index (χ4n) is 0.943. The van der Waals surface area contributed by atoms with Gasteiger partial charge in [-0.2, -0.15) is 5.10 Å². The molecule has 0 aliphatic carbocycles. The Morgan fingerprint density at radius 1 is 1.07 bits per heavy atom. The molecule has 1 N–H and O–H groups in total. The Morgan fingerprint density at radius 3 is 1.80 bits per heavy atom. The summed E-state index contributed by atoms with van der Waals surface area (Å²) in [7, 11) is 0. The molecule has 1 rings (SSSR count). The molecule has 1 aromatic heterocycles. The molecule has 0 radical (unpaired) electrons. The number of hydrogen-bond donors (Lipinski definition) is 1. The van der Waals surface area contributed by atoms with E-state index in [1.807, 2.05) is 20.8 Å². The number of aromatic amines is 1. The summed E-state index contributed by atoms with van der Waals surface area (Å²) in [5.41, 5.74) is 0. The van der Waals surface area contributed by atoms with Crippen LogP contribution in [0.25, 0.3) is 0 Å². The maximum Gasteiger partial charge on any atom is 0.137 e. The molecule has 1 heterocycles. The number of nitrogens with one attached hydrogen (secondary N) is 1. The van der Waals surface area contributed by atoms with E-state index in [2.05, 4.69) is 29.0 Å². The van der Waals surface area contributed by atoms with Crippen molar-refractivity contribution in [3.63, 3.8) is 0 Å². The third-order valence-electron chi connectivity index (χ3n) is 1.74. The zero-order chi connectivity index (χ0) is 11.9. The van der Waals surface area contributed by atoms with E-state index in [-0.39, 0.29) is 0 Å².